The van der Waals surface area contributed by atoms with Crippen LogP contribution in [-0.4, -0.2) is 39.3 Å². The summed E-state index contributed by atoms with van der Waals surface area (Å²) in [5.41, 5.74) is -0.688. The lowest BCUT2D eigenvalue weighted by Crippen LogP contribution is -2.23. The molecule has 2 unspecified atom stereocenters. The van der Waals surface area contributed by atoms with Gasteiger partial charge in [-0.3, -0.25) is 9.59 Å². The Morgan fingerprint density at radius 1 is 1.00 bits per heavy atom. The first-order valence-electron chi connectivity index (χ1n) is 9.51. The van der Waals surface area contributed by atoms with E-state index in [0.29, 0.717) is 19.3 Å². The molecule has 25 heavy (non-hydrogen) atoms. The summed E-state index contributed by atoms with van der Waals surface area (Å²) in [4.78, 5) is 22.7. The Morgan fingerprint density at radius 2 is 1.64 bits per heavy atom. The van der Waals surface area contributed by atoms with E-state index >= 15 is 0 Å². The summed E-state index contributed by atoms with van der Waals surface area (Å²) < 4.78 is 0. The van der Waals surface area contributed by atoms with Crippen LogP contribution in [0, 0.1) is 5.41 Å². The number of unbranched alkanes of at least 4 members (excludes halogenated alkanes) is 5. The molecule has 3 N–H and O–H groups in total. The Morgan fingerprint density at radius 3 is 2.24 bits per heavy atom. The second-order valence-corrected chi connectivity index (χ2v) is 7.48. The lowest BCUT2D eigenvalue weighted by molar-refractivity contribution is -0.147. The van der Waals surface area contributed by atoms with Gasteiger partial charge in [0.25, 0.3) is 0 Å². The highest BCUT2D eigenvalue weighted by atomic mass is 16.4. The molecule has 146 valence electrons. The highest BCUT2D eigenvalue weighted by Crippen LogP contribution is 2.24. The summed E-state index contributed by atoms with van der Waals surface area (Å²) in [6.45, 7) is 5.53. The summed E-state index contributed by atoms with van der Waals surface area (Å²) in [7, 11) is 0. The van der Waals surface area contributed by atoms with Crippen molar-refractivity contribution in [3.63, 3.8) is 0 Å². The number of aliphatic hydroxyl groups excluding tert-OH is 2. The largest absolute Gasteiger partial charge is 0.481 e. The molecule has 0 heterocycles. The van der Waals surface area contributed by atoms with Gasteiger partial charge >= 0.3 is 5.97 Å². The van der Waals surface area contributed by atoms with Crippen molar-refractivity contribution in [1.82, 2.24) is 0 Å². The van der Waals surface area contributed by atoms with E-state index in [1.165, 1.54) is 12.2 Å². The molecule has 0 spiro atoms. The predicted octanol–water partition coefficient (Wildman–Crippen LogP) is 3.87. The fourth-order valence-electron chi connectivity index (χ4n) is 2.52. The van der Waals surface area contributed by atoms with E-state index in [-0.39, 0.29) is 5.78 Å². The van der Waals surface area contributed by atoms with Crippen LogP contribution in [0.25, 0.3) is 0 Å². The van der Waals surface area contributed by atoms with Crippen LogP contribution < -0.4 is 0 Å². The van der Waals surface area contributed by atoms with E-state index in [0.717, 1.165) is 44.9 Å². The van der Waals surface area contributed by atoms with Gasteiger partial charge in [0.1, 0.15) is 0 Å². The van der Waals surface area contributed by atoms with Crippen molar-refractivity contribution < 1.29 is 24.9 Å². The first kappa shape index (κ1) is 23.8. The number of aliphatic hydroxyl groups is 2. The van der Waals surface area contributed by atoms with Crippen molar-refractivity contribution in [1.29, 1.82) is 0 Å². The SMILES string of the molecule is CCCCCC(O)C(O)/C=C/C(=O)CCCCCCC(C)(C)C(=O)O. The molecule has 0 aromatic heterocycles. The maximum absolute atomic E-state index is 11.8. The van der Waals surface area contributed by atoms with Crippen LogP contribution in [0.1, 0.15) is 85.0 Å². The van der Waals surface area contributed by atoms with Crippen molar-refractivity contribution in [2.24, 2.45) is 5.41 Å². The maximum Gasteiger partial charge on any atom is 0.309 e. The van der Waals surface area contributed by atoms with Gasteiger partial charge < -0.3 is 15.3 Å². The molecule has 0 rings (SSSR count). The van der Waals surface area contributed by atoms with Crippen molar-refractivity contribution in [2.75, 3.05) is 0 Å². The highest BCUT2D eigenvalue weighted by molar-refractivity contribution is 5.89. The summed E-state index contributed by atoms with van der Waals surface area (Å²) in [5, 5.41) is 28.6. The van der Waals surface area contributed by atoms with Crippen LogP contribution >= 0.6 is 0 Å². The second-order valence-electron chi connectivity index (χ2n) is 7.48. The van der Waals surface area contributed by atoms with Gasteiger partial charge in [0.05, 0.1) is 17.6 Å². The molecular formula is C20H36O5. The quantitative estimate of drug-likeness (QED) is 0.306. The van der Waals surface area contributed by atoms with Gasteiger partial charge in [0.15, 0.2) is 5.78 Å². The van der Waals surface area contributed by atoms with Crippen LogP contribution in [0.2, 0.25) is 0 Å². The third-order valence-corrected chi connectivity index (χ3v) is 4.53. The Labute approximate surface area is 152 Å². The third-order valence-electron chi connectivity index (χ3n) is 4.53. The van der Waals surface area contributed by atoms with Crippen molar-refractivity contribution in [2.45, 2.75) is 97.2 Å². The summed E-state index contributed by atoms with van der Waals surface area (Å²) >= 11 is 0. The smallest absolute Gasteiger partial charge is 0.309 e. The minimum Gasteiger partial charge on any atom is -0.481 e. The standard InChI is InChI=1S/C20H36O5/c1-4-5-8-12-17(22)18(23)14-13-16(21)11-9-6-7-10-15-20(2,3)19(24)25/h13-14,17-18,22-23H,4-12,15H2,1-3H3,(H,24,25)/b14-13+. The summed E-state index contributed by atoms with van der Waals surface area (Å²) in [6, 6.07) is 0. The number of ketones is 1. The molecule has 2 atom stereocenters. The van der Waals surface area contributed by atoms with Crippen LogP contribution in [0.4, 0.5) is 0 Å². The van der Waals surface area contributed by atoms with Crippen LogP contribution in [0.3, 0.4) is 0 Å². The minimum absolute atomic E-state index is 0.0503. The molecular weight excluding hydrogens is 320 g/mol. The molecule has 0 amide bonds. The van der Waals surface area contributed by atoms with Gasteiger partial charge in [-0.05, 0) is 39.2 Å². The normalized spacial score (nSPS) is 14.6. The number of allylic oxidation sites excluding steroid dienone is 1. The van der Waals surface area contributed by atoms with E-state index in [2.05, 4.69) is 6.92 Å². The monoisotopic (exact) mass is 356 g/mol. The van der Waals surface area contributed by atoms with Gasteiger partial charge in [-0.25, -0.2) is 0 Å². The van der Waals surface area contributed by atoms with Crippen LogP contribution in [0.15, 0.2) is 12.2 Å². The van der Waals surface area contributed by atoms with Gasteiger partial charge in [-0.1, -0.05) is 51.5 Å². The van der Waals surface area contributed by atoms with Gasteiger partial charge in [-0.15, -0.1) is 0 Å². The van der Waals surface area contributed by atoms with Gasteiger partial charge in [0, 0.05) is 6.42 Å². The van der Waals surface area contributed by atoms with E-state index in [1.54, 1.807) is 13.8 Å². The van der Waals surface area contributed by atoms with E-state index in [9.17, 15) is 19.8 Å². The highest BCUT2D eigenvalue weighted by Gasteiger charge is 2.25. The lowest BCUT2D eigenvalue weighted by Gasteiger charge is -2.18. The van der Waals surface area contributed by atoms with Gasteiger partial charge in [0.2, 0.25) is 0 Å². The number of carboxylic acid groups (broad SMARTS) is 1. The molecule has 0 bridgehead atoms. The number of carbonyl (C=O) groups is 2. The molecule has 5 nitrogen and oxygen atoms in total. The minimum atomic E-state index is -0.987. The van der Waals surface area contributed by atoms with E-state index in [1.807, 2.05) is 0 Å². The zero-order chi connectivity index (χ0) is 19.3. The average Bonchev–Trinajstić information content (AvgIpc) is 2.55. The molecule has 0 saturated carbocycles. The van der Waals surface area contributed by atoms with Crippen molar-refractivity contribution >= 4 is 11.8 Å². The zero-order valence-electron chi connectivity index (χ0n) is 16.0. The fourth-order valence-corrected chi connectivity index (χ4v) is 2.52. The predicted molar refractivity (Wildman–Crippen MR) is 99.4 cm³/mol. The number of rotatable bonds is 15. The molecule has 5 heteroatoms. The lowest BCUT2D eigenvalue weighted by atomic mass is 9.87. The first-order chi connectivity index (χ1) is 11.7. The third kappa shape index (κ3) is 11.9. The first-order valence-corrected chi connectivity index (χ1v) is 9.51. The van der Waals surface area contributed by atoms with Crippen LogP contribution in [-0.2, 0) is 9.59 Å². The maximum atomic E-state index is 11.8. The van der Waals surface area contributed by atoms with E-state index in [4.69, 9.17) is 5.11 Å². The molecule has 0 saturated heterocycles. The Bertz CT molecular complexity index is 414. The van der Waals surface area contributed by atoms with Crippen molar-refractivity contribution in [3.05, 3.63) is 12.2 Å². The summed E-state index contributed by atoms with van der Waals surface area (Å²) in [5.74, 6) is -0.825. The van der Waals surface area contributed by atoms with Crippen molar-refractivity contribution in [3.8, 4) is 0 Å². The van der Waals surface area contributed by atoms with Gasteiger partial charge in [-0.2, -0.15) is 0 Å². The topological polar surface area (TPSA) is 94.8 Å². The Kier molecular flexibility index (Phi) is 12.4. The van der Waals surface area contributed by atoms with E-state index < -0.39 is 23.6 Å². The van der Waals surface area contributed by atoms with Crippen LogP contribution in [0.5, 0.6) is 0 Å². The molecule has 0 aliphatic heterocycles. The molecule has 0 radical (unpaired) electrons. The summed E-state index contributed by atoms with van der Waals surface area (Å²) in [6.07, 6.45) is 8.89. The Balaban J connectivity index is 3.84. The fraction of sp³-hybridized carbons (Fsp3) is 0.800. The zero-order valence-corrected chi connectivity index (χ0v) is 16.0. The number of carboxylic acids is 1. The number of hydrogen-bond acceptors (Lipinski definition) is 4. The molecule has 0 aromatic carbocycles. The number of hydrogen-bond donors (Lipinski definition) is 3. The molecule has 0 aliphatic carbocycles. The molecule has 0 aliphatic rings. The average molecular weight is 357 g/mol. The molecule has 0 aromatic rings. The number of aliphatic carboxylic acids is 1. The molecule has 0 fully saturated rings. The second kappa shape index (κ2) is 13.1. The Hall–Kier alpha value is -1.20. The number of carbonyl (C=O) groups excluding carboxylic acids is 1.